The van der Waals surface area contributed by atoms with Crippen molar-refractivity contribution in [1.82, 2.24) is 5.16 Å². The highest BCUT2D eigenvalue weighted by Crippen LogP contribution is 2.36. The average Bonchev–Trinajstić information content (AvgIpc) is 3.16. The second kappa shape index (κ2) is 9.32. The number of carbonyl (C=O) groups is 2. The lowest BCUT2D eigenvalue weighted by Gasteiger charge is -2.18. The molecular formula is C21H19ClN2O6. The Morgan fingerprint density at radius 2 is 1.83 bits per heavy atom. The summed E-state index contributed by atoms with van der Waals surface area (Å²) in [6.45, 7) is 1.69. The predicted octanol–water partition coefficient (Wildman–Crippen LogP) is 4.19. The largest absolute Gasteiger partial charge is 0.493 e. The number of ether oxygens (including phenoxy) is 3. The van der Waals surface area contributed by atoms with Gasteiger partial charge in [0.2, 0.25) is 6.10 Å². The number of halogens is 1. The van der Waals surface area contributed by atoms with Crippen molar-refractivity contribution in [2.45, 2.75) is 13.0 Å². The van der Waals surface area contributed by atoms with Crippen molar-refractivity contribution in [3.63, 3.8) is 0 Å². The first-order valence-electron chi connectivity index (χ1n) is 8.84. The Morgan fingerprint density at radius 3 is 2.43 bits per heavy atom. The molecule has 1 unspecified atom stereocenters. The van der Waals surface area contributed by atoms with Gasteiger partial charge >= 0.3 is 5.97 Å². The van der Waals surface area contributed by atoms with Crippen molar-refractivity contribution in [2.75, 3.05) is 19.5 Å². The van der Waals surface area contributed by atoms with Crippen LogP contribution < -0.4 is 14.8 Å². The number of benzene rings is 2. The summed E-state index contributed by atoms with van der Waals surface area (Å²) in [6, 6.07) is 13.0. The molecule has 1 amide bonds. The quantitative estimate of drug-likeness (QED) is 0.561. The van der Waals surface area contributed by atoms with E-state index >= 15 is 0 Å². The summed E-state index contributed by atoms with van der Waals surface area (Å²) in [4.78, 5) is 25.7. The van der Waals surface area contributed by atoms with Gasteiger partial charge in [-0.15, -0.1) is 0 Å². The van der Waals surface area contributed by atoms with E-state index < -0.39 is 18.0 Å². The van der Waals surface area contributed by atoms with Crippen LogP contribution in [0.3, 0.4) is 0 Å². The standard InChI is InChI=1S/C21H19ClN2O6/c1-12-9-17(24-30-12)23-20(25)18(13-7-5-4-6-8-13)29-21(26)14-10-15(22)19(28-3)16(11-14)27-2/h4-11,18H,1-3H3,(H,23,24,25). The van der Waals surface area contributed by atoms with Gasteiger partial charge in [-0.05, 0) is 19.1 Å². The number of carbonyl (C=O) groups excluding carboxylic acids is 2. The number of amides is 1. The van der Waals surface area contributed by atoms with Crippen molar-refractivity contribution >= 4 is 29.3 Å². The molecule has 0 bridgehead atoms. The molecule has 0 radical (unpaired) electrons. The first-order valence-corrected chi connectivity index (χ1v) is 9.22. The summed E-state index contributed by atoms with van der Waals surface area (Å²) in [5.74, 6) is -0.0695. The molecule has 0 saturated heterocycles. The third-order valence-corrected chi connectivity index (χ3v) is 4.39. The number of hydrogen-bond acceptors (Lipinski definition) is 7. The minimum absolute atomic E-state index is 0.101. The van der Waals surface area contributed by atoms with Gasteiger partial charge in [0.25, 0.3) is 5.91 Å². The first-order chi connectivity index (χ1) is 14.4. The Morgan fingerprint density at radius 1 is 1.10 bits per heavy atom. The molecule has 0 saturated carbocycles. The number of hydrogen-bond donors (Lipinski definition) is 1. The van der Waals surface area contributed by atoms with Crippen LogP contribution in [0.25, 0.3) is 0 Å². The maximum atomic E-state index is 12.8. The van der Waals surface area contributed by atoms with E-state index in [0.29, 0.717) is 11.3 Å². The van der Waals surface area contributed by atoms with Gasteiger partial charge in [-0.3, -0.25) is 4.79 Å². The van der Waals surface area contributed by atoms with Gasteiger partial charge in [-0.25, -0.2) is 4.79 Å². The van der Waals surface area contributed by atoms with E-state index in [1.165, 1.54) is 26.4 Å². The molecule has 0 aliphatic carbocycles. The van der Waals surface area contributed by atoms with Crippen LogP contribution in [-0.2, 0) is 9.53 Å². The van der Waals surface area contributed by atoms with Crippen LogP contribution in [0, 0.1) is 6.92 Å². The van der Waals surface area contributed by atoms with Crippen LogP contribution >= 0.6 is 11.6 Å². The second-order valence-corrected chi connectivity index (χ2v) is 6.61. The number of nitrogens with one attached hydrogen (secondary N) is 1. The van der Waals surface area contributed by atoms with Gasteiger partial charge in [0.1, 0.15) is 5.76 Å². The number of aryl methyl sites for hydroxylation is 1. The fourth-order valence-corrected chi connectivity index (χ4v) is 3.02. The van der Waals surface area contributed by atoms with Crippen molar-refractivity contribution in [3.05, 3.63) is 70.4 Å². The highest BCUT2D eigenvalue weighted by molar-refractivity contribution is 6.32. The van der Waals surface area contributed by atoms with Gasteiger partial charge in [-0.2, -0.15) is 0 Å². The molecule has 2 aromatic carbocycles. The smallest absolute Gasteiger partial charge is 0.339 e. The van der Waals surface area contributed by atoms with E-state index in [2.05, 4.69) is 10.5 Å². The number of anilines is 1. The highest BCUT2D eigenvalue weighted by atomic mass is 35.5. The van der Waals surface area contributed by atoms with Gasteiger partial charge in [0, 0.05) is 11.6 Å². The van der Waals surface area contributed by atoms with Crippen LogP contribution in [0.2, 0.25) is 5.02 Å². The van der Waals surface area contributed by atoms with Crippen LogP contribution in [0.4, 0.5) is 5.82 Å². The molecule has 0 aliphatic heterocycles. The zero-order chi connectivity index (χ0) is 21.7. The summed E-state index contributed by atoms with van der Waals surface area (Å²) >= 11 is 6.17. The highest BCUT2D eigenvalue weighted by Gasteiger charge is 2.27. The Hall–Kier alpha value is -3.52. The molecule has 0 spiro atoms. The number of esters is 1. The Bertz CT molecular complexity index is 1050. The lowest BCUT2D eigenvalue weighted by Crippen LogP contribution is -2.26. The lowest BCUT2D eigenvalue weighted by molar-refractivity contribution is -0.125. The van der Waals surface area contributed by atoms with E-state index in [4.69, 9.17) is 30.3 Å². The normalized spacial score (nSPS) is 11.5. The zero-order valence-electron chi connectivity index (χ0n) is 16.5. The number of aromatic nitrogens is 1. The molecule has 1 heterocycles. The van der Waals surface area contributed by atoms with Crippen LogP contribution in [0.15, 0.2) is 53.1 Å². The van der Waals surface area contributed by atoms with E-state index in [9.17, 15) is 9.59 Å². The summed E-state index contributed by atoms with van der Waals surface area (Å²) in [5.41, 5.74) is 0.582. The third-order valence-electron chi connectivity index (χ3n) is 4.11. The van der Waals surface area contributed by atoms with E-state index in [1.54, 1.807) is 43.3 Å². The first kappa shape index (κ1) is 21.2. The Kier molecular flexibility index (Phi) is 6.58. The van der Waals surface area contributed by atoms with Gasteiger partial charge in [0.15, 0.2) is 17.3 Å². The van der Waals surface area contributed by atoms with Crippen molar-refractivity contribution < 1.29 is 28.3 Å². The van der Waals surface area contributed by atoms with Crippen LogP contribution in [-0.4, -0.2) is 31.3 Å². The average molecular weight is 431 g/mol. The van der Waals surface area contributed by atoms with Gasteiger partial charge in [0.05, 0.1) is 24.8 Å². The molecule has 1 aromatic heterocycles. The Labute approximate surface area is 177 Å². The summed E-state index contributed by atoms with van der Waals surface area (Å²) in [7, 11) is 2.85. The van der Waals surface area contributed by atoms with Crippen LogP contribution in [0.1, 0.15) is 27.8 Å². The van der Waals surface area contributed by atoms with Crippen molar-refractivity contribution in [1.29, 1.82) is 0 Å². The fourth-order valence-electron chi connectivity index (χ4n) is 2.73. The predicted molar refractivity (Wildman–Crippen MR) is 109 cm³/mol. The molecule has 1 atom stereocenters. The molecule has 3 aromatic rings. The van der Waals surface area contributed by atoms with Gasteiger partial charge < -0.3 is 24.1 Å². The molecule has 30 heavy (non-hydrogen) atoms. The molecular weight excluding hydrogens is 412 g/mol. The SMILES string of the molecule is COc1cc(C(=O)OC(C(=O)Nc2cc(C)on2)c2ccccc2)cc(Cl)c1OC. The monoisotopic (exact) mass is 430 g/mol. The molecule has 0 fully saturated rings. The van der Waals surface area contributed by atoms with Crippen LogP contribution in [0.5, 0.6) is 11.5 Å². The van der Waals surface area contributed by atoms with E-state index in [0.717, 1.165) is 0 Å². The summed E-state index contributed by atoms with van der Waals surface area (Å²) in [6.07, 6.45) is -1.23. The molecule has 3 rings (SSSR count). The molecule has 8 nitrogen and oxygen atoms in total. The number of rotatable bonds is 7. The Balaban J connectivity index is 1.88. The zero-order valence-corrected chi connectivity index (χ0v) is 17.2. The molecule has 156 valence electrons. The second-order valence-electron chi connectivity index (χ2n) is 6.20. The molecule has 9 heteroatoms. The summed E-state index contributed by atoms with van der Waals surface area (Å²) < 4.78 is 20.9. The maximum absolute atomic E-state index is 12.8. The maximum Gasteiger partial charge on any atom is 0.339 e. The van der Waals surface area contributed by atoms with Crippen molar-refractivity contribution in [2.24, 2.45) is 0 Å². The third kappa shape index (κ3) is 4.72. The molecule has 0 aliphatic rings. The number of methoxy groups -OCH3 is 2. The summed E-state index contributed by atoms with van der Waals surface area (Å²) in [5, 5.41) is 6.47. The number of nitrogens with zero attached hydrogens (tertiary/aromatic N) is 1. The fraction of sp³-hybridized carbons (Fsp3) is 0.190. The topological polar surface area (TPSA) is 99.9 Å². The van der Waals surface area contributed by atoms with Crippen molar-refractivity contribution in [3.8, 4) is 11.5 Å². The van der Waals surface area contributed by atoms with Gasteiger partial charge in [-0.1, -0.05) is 47.1 Å². The minimum Gasteiger partial charge on any atom is -0.493 e. The van der Waals surface area contributed by atoms with E-state index in [1.807, 2.05) is 0 Å². The van der Waals surface area contributed by atoms with E-state index in [-0.39, 0.29) is 27.9 Å². The minimum atomic E-state index is -1.23. The lowest BCUT2D eigenvalue weighted by atomic mass is 10.1. The molecule has 1 N–H and O–H groups in total.